The van der Waals surface area contributed by atoms with E-state index in [0.29, 0.717) is 17.6 Å². The van der Waals surface area contributed by atoms with Crippen molar-refractivity contribution >= 4 is 11.1 Å². The number of hydrogen-bond acceptors (Lipinski definition) is 4. The van der Waals surface area contributed by atoms with Crippen molar-refractivity contribution in [2.24, 2.45) is 0 Å². The Bertz CT molecular complexity index is 307. The summed E-state index contributed by atoms with van der Waals surface area (Å²) < 4.78 is 23.8. The topological polar surface area (TPSA) is 76.2 Å². The van der Waals surface area contributed by atoms with E-state index in [1.54, 1.807) is 0 Å². The largest absolute Gasteiger partial charge is 0.339 e. The predicted molar refractivity (Wildman–Crippen MR) is 40.7 cm³/mol. The molecule has 0 aliphatic heterocycles. The van der Waals surface area contributed by atoms with Crippen LogP contribution in [0.25, 0.3) is 0 Å². The van der Waals surface area contributed by atoms with Crippen molar-refractivity contribution in [1.29, 1.82) is 0 Å². The molecule has 0 amide bonds. The highest BCUT2D eigenvalue weighted by Crippen LogP contribution is 2.38. The maximum atomic E-state index is 10.4. The van der Waals surface area contributed by atoms with Gasteiger partial charge in [-0.1, -0.05) is 5.16 Å². The van der Waals surface area contributed by atoms with Gasteiger partial charge in [0.25, 0.3) is 0 Å². The third kappa shape index (κ3) is 1.70. The molecule has 1 aliphatic carbocycles. The van der Waals surface area contributed by atoms with E-state index in [4.69, 9.17) is 9.08 Å². The monoisotopic (exact) mass is 188 g/mol. The second-order valence-electron chi connectivity index (χ2n) is 2.79. The normalized spacial score (nSPS) is 19.4. The van der Waals surface area contributed by atoms with Gasteiger partial charge in [-0.2, -0.15) is 4.98 Å². The first-order valence-corrected chi connectivity index (χ1v) is 4.93. The molecule has 0 radical (unpaired) electrons. The van der Waals surface area contributed by atoms with E-state index in [1.807, 2.05) is 0 Å². The Hall–Kier alpha value is -0.750. The molecule has 1 N–H and O–H groups in total. The zero-order chi connectivity index (χ0) is 8.55. The molecule has 1 aromatic rings. The van der Waals surface area contributed by atoms with Gasteiger partial charge in [-0.25, -0.2) is 4.21 Å². The van der Waals surface area contributed by atoms with Crippen molar-refractivity contribution in [2.75, 3.05) is 0 Å². The van der Waals surface area contributed by atoms with Crippen LogP contribution in [0.5, 0.6) is 0 Å². The second kappa shape index (κ2) is 2.95. The Morgan fingerprint density at radius 2 is 2.42 bits per heavy atom. The molecule has 1 aliphatic rings. The molecule has 1 atom stereocenters. The van der Waals surface area contributed by atoms with Gasteiger partial charge in [-0.3, -0.25) is 0 Å². The molecule has 0 aromatic carbocycles. The average Bonchev–Trinajstić information content (AvgIpc) is 2.73. The van der Waals surface area contributed by atoms with Crippen LogP contribution in [0.3, 0.4) is 0 Å². The molecular formula is C6H8N2O3S. The van der Waals surface area contributed by atoms with Crippen molar-refractivity contribution in [3.63, 3.8) is 0 Å². The van der Waals surface area contributed by atoms with Crippen LogP contribution in [-0.2, 0) is 16.8 Å². The molecule has 0 saturated heterocycles. The van der Waals surface area contributed by atoms with Crippen LogP contribution in [0.2, 0.25) is 0 Å². The highest BCUT2D eigenvalue weighted by atomic mass is 32.2. The molecule has 1 unspecified atom stereocenters. The highest BCUT2D eigenvalue weighted by molar-refractivity contribution is 7.78. The summed E-state index contributed by atoms with van der Waals surface area (Å²) >= 11 is -1.88. The predicted octanol–water partition coefficient (Wildman–Crippen LogP) is 0.669. The van der Waals surface area contributed by atoms with Crippen LogP contribution in [0, 0.1) is 0 Å². The van der Waals surface area contributed by atoms with E-state index in [2.05, 4.69) is 10.1 Å². The van der Waals surface area contributed by atoms with Crippen molar-refractivity contribution in [2.45, 2.75) is 24.5 Å². The molecule has 1 fully saturated rings. The molecule has 6 heteroatoms. The number of rotatable bonds is 3. The van der Waals surface area contributed by atoms with Gasteiger partial charge in [0, 0.05) is 5.92 Å². The van der Waals surface area contributed by atoms with Gasteiger partial charge in [0.15, 0.2) is 16.9 Å². The lowest BCUT2D eigenvalue weighted by Gasteiger charge is -1.83. The Morgan fingerprint density at radius 3 is 3.00 bits per heavy atom. The summed E-state index contributed by atoms with van der Waals surface area (Å²) in [5.41, 5.74) is 0. The van der Waals surface area contributed by atoms with Crippen LogP contribution in [-0.4, -0.2) is 18.9 Å². The fourth-order valence-electron chi connectivity index (χ4n) is 0.933. The summed E-state index contributed by atoms with van der Waals surface area (Å²) in [4.78, 5) is 3.98. The lowest BCUT2D eigenvalue weighted by Crippen LogP contribution is -1.95. The first kappa shape index (κ1) is 7.88. The molecule has 66 valence electrons. The molecule has 1 aromatic heterocycles. The SMILES string of the molecule is O=S(O)Cc1noc(C2CC2)n1. The third-order valence-corrected chi connectivity index (χ3v) is 2.17. The minimum absolute atomic E-state index is 0.0454. The van der Waals surface area contributed by atoms with Crippen molar-refractivity contribution in [3.8, 4) is 0 Å². The Labute approximate surface area is 71.4 Å². The zero-order valence-corrected chi connectivity index (χ0v) is 7.08. The van der Waals surface area contributed by atoms with Gasteiger partial charge in [0.2, 0.25) is 5.89 Å². The van der Waals surface area contributed by atoms with Crippen LogP contribution in [0.1, 0.15) is 30.5 Å². The van der Waals surface area contributed by atoms with E-state index >= 15 is 0 Å². The maximum absolute atomic E-state index is 10.4. The van der Waals surface area contributed by atoms with Crippen molar-refractivity contribution in [1.82, 2.24) is 10.1 Å². The smallest absolute Gasteiger partial charge is 0.229 e. The highest BCUT2D eigenvalue weighted by Gasteiger charge is 2.29. The molecule has 1 heterocycles. The lowest BCUT2D eigenvalue weighted by atomic mass is 10.4. The van der Waals surface area contributed by atoms with Crippen LogP contribution >= 0.6 is 0 Å². The fourth-order valence-corrected chi connectivity index (χ4v) is 1.27. The summed E-state index contributed by atoms with van der Waals surface area (Å²) in [6.07, 6.45) is 2.17. The summed E-state index contributed by atoms with van der Waals surface area (Å²) in [5.74, 6) is 1.28. The van der Waals surface area contributed by atoms with Crippen LogP contribution in [0.4, 0.5) is 0 Å². The molecule has 12 heavy (non-hydrogen) atoms. The van der Waals surface area contributed by atoms with Gasteiger partial charge in [0.1, 0.15) is 5.75 Å². The van der Waals surface area contributed by atoms with Gasteiger partial charge in [0.05, 0.1) is 0 Å². The lowest BCUT2D eigenvalue weighted by molar-refractivity contribution is 0.375. The summed E-state index contributed by atoms with van der Waals surface area (Å²) in [7, 11) is 0. The minimum Gasteiger partial charge on any atom is -0.339 e. The summed E-state index contributed by atoms with van der Waals surface area (Å²) in [5, 5.41) is 3.58. The van der Waals surface area contributed by atoms with E-state index in [-0.39, 0.29) is 5.75 Å². The fraction of sp³-hybridized carbons (Fsp3) is 0.667. The average molecular weight is 188 g/mol. The quantitative estimate of drug-likeness (QED) is 0.705. The Morgan fingerprint density at radius 1 is 1.67 bits per heavy atom. The number of nitrogens with zero attached hydrogens (tertiary/aromatic N) is 2. The van der Waals surface area contributed by atoms with Gasteiger partial charge < -0.3 is 9.08 Å². The minimum atomic E-state index is -1.88. The first-order chi connectivity index (χ1) is 5.75. The maximum Gasteiger partial charge on any atom is 0.229 e. The molecule has 1 saturated carbocycles. The molecule has 5 nitrogen and oxygen atoms in total. The molecule has 0 spiro atoms. The van der Waals surface area contributed by atoms with Crippen LogP contribution in [0.15, 0.2) is 4.52 Å². The van der Waals surface area contributed by atoms with Gasteiger partial charge >= 0.3 is 0 Å². The van der Waals surface area contributed by atoms with E-state index in [1.165, 1.54) is 0 Å². The molecule has 0 bridgehead atoms. The standard InChI is InChI=1S/C6H8N2O3S/c9-12(10)3-5-7-6(11-8-5)4-1-2-4/h4H,1-3H2,(H,9,10). The van der Waals surface area contributed by atoms with Crippen LogP contribution < -0.4 is 0 Å². The van der Waals surface area contributed by atoms with E-state index < -0.39 is 11.1 Å². The number of aromatic nitrogens is 2. The van der Waals surface area contributed by atoms with Crippen molar-refractivity contribution in [3.05, 3.63) is 11.7 Å². The summed E-state index contributed by atoms with van der Waals surface area (Å²) in [6.45, 7) is 0. The van der Waals surface area contributed by atoms with Crippen molar-refractivity contribution < 1.29 is 13.3 Å². The zero-order valence-electron chi connectivity index (χ0n) is 6.27. The van der Waals surface area contributed by atoms with E-state index in [9.17, 15) is 4.21 Å². The molecule has 2 rings (SSSR count). The Balaban J connectivity index is 2.07. The van der Waals surface area contributed by atoms with Gasteiger partial charge in [-0.15, -0.1) is 0 Å². The third-order valence-electron chi connectivity index (χ3n) is 1.66. The second-order valence-corrected chi connectivity index (χ2v) is 3.72. The van der Waals surface area contributed by atoms with E-state index in [0.717, 1.165) is 12.8 Å². The number of hydrogen-bond donors (Lipinski definition) is 1. The van der Waals surface area contributed by atoms with Gasteiger partial charge in [-0.05, 0) is 12.8 Å². The first-order valence-electron chi connectivity index (χ1n) is 3.65. The molecular weight excluding hydrogens is 180 g/mol. The Kier molecular flexibility index (Phi) is 1.93. The summed E-state index contributed by atoms with van der Waals surface area (Å²) in [6, 6.07) is 0.